The van der Waals surface area contributed by atoms with Crippen molar-refractivity contribution in [3.63, 3.8) is 0 Å². The van der Waals surface area contributed by atoms with Crippen molar-refractivity contribution in [3.8, 4) is 5.75 Å². The van der Waals surface area contributed by atoms with Gasteiger partial charge in [-0.15, -0.1) is 0 Å². The number of hydrogen-bond acceptors (Lipinski definition) is 4. The zero-order chi connectivity index (χ0) is 16.9. The molecule has 5 nitrogen and oxygen atoms in total. The minimum Gasteiger partial charge on any atom is -0.488 e. The lowest BCUT2D eigenvalue weighted by atomic mass is 9.95. The Kier molecular flexibility index (Phi) is 6.02. The molecule has 4 N–H and O–H groups in total. The molecule has 1 aromatic carbocycles. The Morgan fingerprint density at radius 2 is 2.00 bits per heavy atom. The monoisotopic (exact) mass is 320 g/mol. The molecule has 1 amide bonds. The number of aliphatic hydroxyl groups is 1. The summed E-state index contributed by atoms with van der Waals surface area (Å²) in [6, 6.07) is 7.21. The molecule has 5 heteroatoms. The second-order valence-electron chi connectivity index (χ2n) is 6.65. The van der Waals surface area contributed by atoms with Crippen molar-refractivity contribution in [1.82, 2.24) is 0 Å². The van der Waals surface area contributed by atoms with E-state index in [2.05, 4.69) is 5.32 Å². The average Bonchev–Trinajstić information content (AvgIpc) is 2.51. The molecule has 0 spiro atoms. The van der Waals surface area contributed by atoms with Crippen LogP contribution >= 0.6 is 0 Å². The largest absolute Gasteiger partial charge is 0.488 e. The van der Waals surface area contributed by atoms with Gasteiger partial charge >= 0.3 is 0 Å². The molecular weight excluding hydrogens is 292 g/mol. The summed E-state index contributed by atoms with van der Waals surface area (Å²) in [7, 11) is 0. The third kappa shape index (κ3) is 4.94. The Labute approximate surface area is 138 Å². The number of carbonyl (C=O) groups excluding carboxylic acids is 1. The molecule has 0 aliphatic heterocycles. The lowest BCUT2D eigenvalue weighted by Crippen LogP contribution is -2.48. The van der Waals surface area contributed by atoms with E-state index >= 15 is 0 Å². The quantitative estimate of drug-likeness (QED) is 0.752. The number of anilines is 1. The van der Waals surface area contributed by atoms with Gasteiger partial charge in [0, 0.05) is 5.69 Å². The van der Waals surface area contributed by atoms with Crippen molar-refractivity contribution in [2.45, 2.75) is 70.1 Å². The van der Waals surface area contributed by atoms with Crippen LogP contribution in [0, 0.1) is 0 Å². The van der Waals surface area contributed by atoms with E-state index in [0.29, 0.717) is 17.9 Å². The van der Waals surface area contributed by atoms with Crippen LogP contribution in [-0.4, -0.2) is 28.8 Å². The summed E-state index contributed by atoms with van der Waals surface area (Å²) < 4.78 is 5.85. The molecular formula is C18H28N2O3. The van der Waals surface area contributed by atoms with Crippen LogP contribution in [0.5, 0.6) is 5.75 Å². The van der Waals surface area contributed by atoms with E-state index in [0.717, 1.165) is 32.1 Å². The Bertz CT molecular complexity index is 514. The summed E-state index contributed by atoms with van der Waals surface area (Å²) in [6.07, 6.45) is 4.78. The lowest BCUT2D eigenvalue weighted by molar-refractivity contribution is -0.120. The van der Waals surface area contributed by atoms with Gasteiger partial charge in [0.05, 0.1) is 11.6 Å². The van der Waals surface area contributed by atoms with E-state index < -0.39 is 11.6 Å². The molecule has 128 valence electrons. The number of amides is 1. The first-order chi connectivity index (χ1) is 10.9. The van der Waals surface area contributed by atoms with Crippen molar-refractivity contribution in [1.29, 1.82) is 0 Å². The lowest BCUT2D eigenvalue weighted by Gasteiger charge is -2.28. The zero-order valence-electron chi connectivity index (χ0n) is 14.0. The second kappa shape index (κ2) is 7.79. The van der Waals surface area contributed by atoms with Crippen LogP contribution in [0.2, 0.25) is 0 Å². The molecule has 1 fully saturated rings. The molecule has 23 heavy (non-hydrogen) atoms. The van der Waals surface area contributed by atoms with Crippen LogP contribution in [0.4, 0.5) is 5.69 Å². The molecule has 0 saturated heterocycles. The van der Waals surface area contributed by atoms with Crippen molar-refractivity contribution >= 4 is 11.6 Å². The second-order valence-corrected chi connectivity index (χ2v) is 6.65. The molecule has 1 aromatic rings. The fourth-order valence-electron chi connectivity index (χ4n) is 2.91. The van der Waals surface area contributed by atoms with Crippen molar-refractivity contribution in [3.05, 3.63) is 24.3 Å². The average molecular weight is 320 g/mol. The van der Waals surface area contributed by atoms with Crippen LogP contribution in [0.15, 0.2) is 24.3 Å². The minimum absolute atomic E-state index is 0.138. The first-order valence-corrected chi connectivity index (χ1v) is 8.47. The Balaban J connectivity index is 1.93. The number of nitrogens with one attached hydrogen (secondary N) is 1. The highest BCUT2D eigenvalue weighted by atomic mass is 16.5. The van der Waals surface area contributed by atoms with Gasteiger partial charge in [0.1, 0.15) is 11.9 Å². The number of rotatable bonds is 6. The van der Waals surface area contributed by atoms with Crippen molar-refractivity contribution < 1.29 is 14.6 Å². The maximum absolute atomic E-state index is 12.2. The molecule has 3 atom stereocenters. The molecule has 0 bridgehead atoms. The van der Waals surface area contributed by atoms with Gasteiger partial charge in [-0.05, 0) is 56.9 Å². The normalized spacial score (nSPS) is 23.8. The summed E-state index contributed by atoms with van der Waals surface area (Å²) >= 11 is 0. The predicted octanol–water partition coefficient (Wildman–Crippen LogP) is 2.82. The van der Waals surface area contributed by atoms with Crippen LogP contribution < -0.4 is 15.8 Å². The molecule has 1 aliphatic carbocycles. The topological polar surface area (TPSA) is 84.6 Å². The van der Waals surface area contributed by atoms with E-state index in [1.807, 2.05) is 19.1 Å². The molecule has 1 saturated carbocycles. The molecule has 0 heterocycles. The molecule has 0 radical (unpaired) electrons. The van der Waals surface area contributed by atoms with Crippen LogP contribution in [0.1, 0.15) is 52.4 Å². The molecule has 0 aromatic heterocycles. The molecule has 3 unspecified atom stereocenters. The summed E-state index contributed by atoms with van der Waals surface area (Å²) in [4.78, 5) is 12.2. The third-order valence-corrected chi connectivity index (χ3v) is 4.36. The summed E-state index contributed by atoms with van der Waals surface area (Å²) in [6.45, 7) is 3.75. The van der Waals surface area contributed by atoms with Gasteiger partial charge in [0.25, 0.3) is 0 Å². The summed E-state index contributed by atoms with van der Waals surface area (Å²) in [5, 5.41) is 12.8. The van der Waals surface area contributed by atoms with Gasteiger partial charge in [0.15, 0.2) is 0 Å². The smallest absolute Gasteiger partial charge is 0.244 e. The van der Waals surface area contributed by atoms with E-state index in [4.69, 9.17) is 10.5 Å². The minimum atomic E-state index is -0.865. The Morgan fingerprint density at radius 3 is 2.61 bits per heavy atom. The van der Waals surface area contributed by atoms with Crippen LogP contribution in [0.25, 0.3) is 0 Å². The zero-order valence-corrected chi connectivity index (χ0v) is 14.0. The van der Waals surface area contributed by atoms with Crippen molar-refractivity contribution in [2.75, 3.05) is 5.32 Å². The maximum atomic E-state index is 12.2. The Morgan fingerprint density at radius 1 is 1.35 bits per heavy atom. The Hall–Kier alpha value is -1.59. The van der Waals surface area contributed by atoms with Gasteiger partial charge in [0.2, 0.25) is 5.91 Å². The van der Waals surface area contributed by atoms with E-state index in [-0.39, 0.29) is 12.0 Å². The first kappa shape index (κ1) is 17.8. The van der Waals surface area contributed by atoms with Gasteiger partial charge in [-0.3, -0.25) is 4.79 Å². The highest BCUT2D eigenvalue weighted by Crippen LogP contribution is 2.25. The highest BCUT2D eigenvalue weighted by molar-refractivity contribution is 5.97. The number of hydrogen-bond donors (Lipinski definition) is 3. The van der Waals surface area contributed by atoms with Gasteiger partial charge in [-0.2, -0.15) is 0 Å². The fraction of sp³-hybridized carbons (Fsp3) is 0.611. The molecule has 1 aliphatic rings. The predicted molar refractivity (Wildman–Crippen MR) is 91.5 cm³/mol. The number of benzene rings is 1. The van der Waals surface area contributed by atoms with Gasteiger partial charge in [-0.1, -0.05) is 19.8 Å². The summed E-state index contributed by atoms with van der Waals surface area (Å²) in [5.41, 5.74) is 5.85. The van der Waals surface area contributed by atoms with E-state index in [9.17, 15) is 9.90 Å². The summed E-state index contributed by atoms with van der Waals surface area (Å²) in [5.74, 6) is 0.522. The van der Waals surface area contributed by atoms with Crippen LogP contribution in [-0.2, 0) is 4.79 Å². The SMILES string of the molecule is CCCC(C)(N)C(=O)Nc1ccc(OC2CCCCC2O)cc1. The van der Waals surface area contributed by atoms with Crippen LogP contribution in [0.3, 0.4) is 0 Å². The van der Waals surface area contributed by atoms with Gasteiger partial charge in [-0.25, -0.2) is 0 Å². The van der Waals surface area contributed by atoms with Crippen molar-refractivity contribution in [2.24, 2.45) is 5.73 Å². The fourth-order valence-corrected chi connectivity index (χ4v) is 2.91. The maximum Gasteiger partial charge on any atom is 0.244 e. The third-order valence-electron chi connectivity index (χ3n) is 4.36. The van der Waals surface area contributed by atoms with E-state index in [1.54, 1.807) is 19.1 Å². The van der Waals surface area contributed by atoms with E-state index in [1.165, 1.54) is 0 Å². The number of carbonyl (C=O) groups is 1. The first-order valence-electron chi connectivity index (χ1n) is 8.47. The molecule has 2 rings (SSSR count). The number of ether oxygens (including phenoxy) is 1. The number of nitrogens with two attached hydrogens (primary N) is 1. The highest BCUT2D eigenvalue weighted by Gasteiger charge is 2.27. The standard InChI is InChI=1S/C18H28N2O3/c1-3-12-18(2,19)17(22)20-13-8-10-14(11-9-13)23-16-7-5-4-6-15(16)21/h8-11,15-16,21H,3-7,12,19H2,1-2H3,(H,20,22). The van der Waals surface area contributed by atoms with Gasteiger partial charge < -0.3 is 20.9 Å². The number of aliphatic hydroxyl groups excluding tert-OH is 1.